The van der Waals surface area contributed by atoms with E-state index in [1.54, 1.807) is 0 Å². The van der Waals surface area contributed by atoms with Crippen LogP contribution in [0.2, 0.25) is 0 Å². The highest BCUT2D eigenvalue weighted by atomic mass is 16.5. The molecule has 1 heterocycles. The van der Waals surface area contributed by atoms with Crippen LogP contribution >= 0.6 is 0 Å². The summed E-state index contributed by atoms with van der Waals surface area (Å²) in [4.78, 5) is 14.8. The van der Waals surface area contributed by atoms with E-state index in [2.05, 4.69) is 53.5 Å². The molecule has 114 valence electrons. The average Bonchev–Trinajstić information content (AvgIpc) is 3.16. The fourth-order valence-corrected chi connectivity index (χ4v) is 3.24. The van der Waals surface area contributed by atoms with Gasteiger partial charge < -0.3 is 9.72 Å². The number of carbonyl (C=O) groups excluding carboxylic acids is 1. The third kappa shape index (κ3) is 2.44. The molecule has 0 saturated heterocycles. The molecular weight excluding hydrogens is 286 g/mol. The van der Waals surface area contributed by atoms with Crippen LogP contribution in [0.25, 0.3) is 22.4 Å². The van der Waals surface area contributed by atoms with Crippen molar-refractivity contribution in [2.45, 2.75) is 12.8 Å². The van der Waals surface area contributed by atoms with Crippen LogP contribution in [0.15, 0.2) is 48.5 Å². The van der Waals surface area contributed by atoms with E-state index in [4.69, 9.17) is 4.74 Å². The molecule has 0 unspecified atom stereocenters. The molecule has 3 heteroatoms. The Hall–Kier alpha value is -2.81. The molecule has 23 heavy (non-hydrogen) atoms. The van der Waals surface area contributed by atoms with Crippen molar-refractivity contribution in [2.24, 2.45) is 0 Å². The molecule has 1 aliphatic rings. The molecule has 0 aliphatic heterocycles. The van der Waals surface area contributed by atoms with Gasteiger partial charge in [0.05, 0.1) is 7.11 Å². The summed E-state index contributed by atoms with van der Waals surface area (Å²) in [6.45, 7) is 0. The van der Waals surface area contributed by atoms with Gasteiger partial charge in [0.15, 0.2) is 0 Å². The zero-order chi connectivity index (χ0) is 15.8. The molecule has 4 rings (SSSR count). The number of rotatable bonds is 2. The molecule has 0 spiro atoms. The summed E-state index contributed by atoms with van der Waals surface area (Å²) in [6.07, 6.45) is 4.15. The van der Waals surface area contributed by atoms with Gasteiger partial charge in [-0.05, 0) is 52.4 Å². The van der Waals surface area contributed by atoms with E-state index in [-0.39, 0.29) is 5.97 Å². The molecule has 2 aromatic carbocycles. The Bertz CT molecular complexity index is 934. The number of aryl methyl sites for hydroxylation is 1. The number of methoxy groups -OCH3 is 1. The zero-order valence-corrected chi connectivity index (χ0v) is 12.9. The van der Waals surface area contributed by atoms with E-state index < -0.39 is 0 Å². The third-order valence-corrected chi connectivity index (χ3v) is 4.41. The number of fused-ring (bicyclic) bond motifs is 2. The van der Waals surface area contributed by atoms with Crippen LogP contribution in [0.4, 0.5) is 0 Å². The second kappa shape index (κ2) is 5.43. The Morgan fingerprint density at radius 2 is 1.91 bits per heavy atom. The van der Waals surface area contributed by atoms with Crippen molar-refractivity contribution in [1.82, 2.24) is 4.98 Å². The minimum Gasteiger partial charge on any atom is -0.464 e. The predicted molar refractivity (Wildman–Crippen MR) is 92.3 cm³/mol. The topological polar surface area (TPSA) is 42.1 Å². The molecule has 0 amide bonds. The fourth-order valence-electron chi connectivity index (χ4n) is 3.24. The van der Waals surface area contributed by atoms with Crippen LogP contribution in [-0.2, 0) is 11.2 Å². The van der Waals surface area contributed by atoms with E-state index in [9.17, 15) is 4.79 Å². The van der Waals surface area contributed by atoms with E-state index in [0.717, 1.165) is 24.1 Å². The summed E-state index contributed by atoms with van der Waals surface area (Å²) in [7, 11) is 1.40. The zero-order valence-electron chi connectivity index (χ0n) is 12.9. The molecule has 3 nitrogen and oxygen atoms in total. The molecule has 1 aromatic heterocycles. The van der Waals surface area contributed by atoms with Crippen LogP contribution in [0, 0.1) is 0 Å². The molecule has 0 atom stereocenters. The summed E-state index contributed by atoms with van der Waals surface area (Å²) in [5, 5.41) is 2.49. The van der Waals surface area contributed by atoms with E-state index >= 15 is 0 Å². The second-order valence-electron chi connectivity index (χ2n) is 5.84. The average molecular weight is 303 g/mol. The molecule has 0 bridgehead atoms. The number of aromatic nitrogens is 1. The first kappa shape index (κ1) is 13.8. The third-order valence-electron chi connectivity index (χ3n) is 4.41. The van der Waals surface area contributed by atoms with Gasteiger partial charge in [-0.2, -0.15) is 0 Å². The fraction of sp³-hybridized carbons (Fsp3) is 0.150. The lowest BCUT2D eigenvalue weighted by molar-refractivity contribution is 0.0594. The van der Waals surface area contributed by atoms with Crippen molar-refractivity contribution in [3.8, 4) is 0 Å². The van der Waals surface area contributed by atoms with Crippen molar-refractivity contribution < 1.29 is 9.53 Å². The lowest BCUT2D eigenvalue weighted by Gasteiger charge is -2.02. The first-order chi connectivity index (χ1) is 11.2. The lowest BCUT2D eigenvalue weighted by Crippen LogP contribution is -2.01. The second-order valence-corrected chi connectivity index (χ2v) is 5.84. The Kier molecular flexibility index (Phi) is 3.27. The maximum absolute atomic E-state index is 11.7. The van der Waals surface area contributed by atoms with Crippen molar-refractivity contribution >= 4 is 28.4 Å². The van der Waals surface area contributed by atoms with Gasteiger partial charge in [0.2, 0.25) is 0 Å². The number of nitrogens with one attached hydrogen (secondary N) is 1. The van der Waals surface area contributed by atoms with Crippen molar-refractivity contribution in [2.75, 3.05) is 7.11 Å². The molecular formula is C20H17NO2. The smallest absolute Gasteiger partial charge is 0.354 e. The number of esters is 1. The van der Waals surface area contributed by atoms with Gasteiger partial charge in [-0.15, -0.1) is 0 Å². The van der Waals surface area contributed by atoms with Gasteiger partial charge >= 0.3 is 5.97 Å². The number of hydrogen-bond donors (Lipinski definition) is 1. The number of carbonyl (C=O) groups is 1. The monoisotopic (exact) mass is 303 g/mol. The molecule has 1 N–H and O–H groups in total. The van der Waals surface area contributed by atoms with Crippen LogP contribution in [0.3, 0.4) is 0 Å². The highest BCUT2D eigenvalue weighted by Gasteiger charge is 2.21. The van der Waals surface area contributed by atoms with Crippen LogP contribution in [0.5, 0.6) is 0 Å². The standard InChI is InChI=1S/C20H17NO2/c1-23-20(22)19-12-17-16(8-9-18(17)21-19)11-13-6-7-14-4-2-3-5-15(14)10-13/h2-7,10-12,21H,8-9H2,1H3. The van der Waals surface area contributed by atoms with Gasteiger partial charge in [-0.1, -0.05) is 42.5 Å². The van der Waals surface area contributed by atoms with E-state index in [1.807, 2.05) is 6.07 Å². The van der Waals surface area contributed by atoms with E-state index in [0.29, 0.717) is 5.69 Å². The summed E-state index contributed by atoms with van der Waals surface area (Å²) in [5.41, 5.74) is 5.24. The van der Waals surface area contributed by atoms with Gasteiger partial charge in [0.25, 0.3) is 0 Å². The SMILES string of the molecule is COC(=O)c1cc2c([nH]1)CCC2=Cc1ccc2ccccc2c1. The number of benzene rings is 2. The Balaban J connectivity index is 1.72. The summed E-state index contributed by atoms with van der Waals surface area (Å²) < 4.78 is 4.79. The number of H-pyrrole nitrogens is 1. The quantitative estimate of drug-likeness (QED) is 0.711. The molecule has 0 radical (unpaired) electrons. The van der Waals surface area contributed by atoms with Gasteiger partial charge in [0.1, 0.15) is 5.69 Å². The summed E-state index contributed by atoms with van der Waals surface area (Å²) >= 11 is 0. The van der Waals surface area contributed by atoms with Gasteiger partial charge in [0, 0.05) is 5.69 Å². The van der Waals surface area contributed by atoms with Crippen LogP contribution in [0.1, 0.15) is 33.7 Å². The Morgan fingerprint density at radius 1 is 1.09 bits per heavy atom. The minimum atomic E-state index is -0.315. The van der Waals surface area contributed by atoms with Gasteiger partial charge in [-0.25, -0.2) is 4.79 Å². The van der Waals surface area contributed by atoms with Crippen molar-refractivity contribution in [1.29, 1.82) is 0 Å². The molecule has 0 fully saturated rings. The van der Waals surface area contributed by atoms with Crippen LogP contribution < -0.4 is 0 Å². The predicted octanol–water partition coefficient (Wildman–Crippen LogP) is 4.44. The van der Waals surface area contributed by atoms with Crippen molar-refractivity contribution in [3.63, 3.8) is 0 Å². The van der Waals surface area contributed by atoms with E-state index in [1.165, 1.54) is 29.0 Å². The first-order valence-electron chi connectivity index (χ1n) is 7.74. The number of ether oxygens (including phenoxy) is 1. The maximum atomic E-state index is 11.7. The Labute approximate surface area is 134 Å². The van der Waals surface area contributed by atoms with Gasteiger partial charge in [-0.3, -0.25) is 0 Å². The number of aromatic amines is 1. The largest absolute Gasteiger partial charge is 0.464 e. The summed E-state index contributed by atoms with van der Waals surface area (Å²) in [5.74, 6) is -0.315. The maximum Gasteiger partial charge on any atom is 0.354 e. The van der Waals surface area contributed by atoms with Crippen molar-refractivity contribution in [3.05, 3.63) is 71.0 Å². The molecule has 3 aromatic rings. The molecule has 0 saturated carbocycles. The van der Waals surface area contributed by atoms with Crippen LogP contribution in [-0.4, -0.2) is 18.1 Å². The molecule has 1 aliphatic carbocycles. The normalized spacial score (nSPS) is 15.1. The minimum absolute atomic E-state index is 0.315. The lowest BCUT2D eigenvalue weighted by atomic mass is 10.0. The Morgan fingerprint density at radius 3 is 2.74 bits per heavy atom. The number of allylic oxidation sites excluding steroid dienone is 1. The number of hydrogen-bond acceptors (Lipinski definition) is 2. The summed E-state index contributed by atoms with van der Waals surface area (Å²) in [6, 6.07) is 16.8. The first-order valence-corrected chi connectivity index (χ1v) is 7.74. The highest BCUT2D eigenvalue weighted by molar-refractivity contribution is 5.93. The highest BCUT2D eigenvalue weighted by Crippen LogP contribution is 2.34.